The van der Waals surface area contributed by atoms with Gasteiger partial charge in [0.25, 0.3) is 0 Å². The predicted molar refractivity (Wildman–Crippen MR) is 127 cm³/mol. The summed E-state index contributed by atoms with van der Waals surface area (Å²) in [6, 6.07) is 9.61. The van der Waals surface area contributed by atoms with Crippen LogP contribution in [-0.2, 0) is 4.79 Å². The number of carbonyl (C=O) groups excluding carboxylic acids is 1. The fourth-order valence-electron chi connectivity index (χ4n) is 5.23. The summed E-state index contributed by atoms with van der Waals surface area (Å²) in [7, 11) is 1.64. The molecule has 2 aromatic rings. The molecule has 2 N–H and O–H groups in total. The number of rotatable bonds is 7. The highest BCUT2D eigenvalue weighted by molar-refractivity contribution is 5.91. The normalized spacial score (nSPS) is 25.2. The summed E-state index contributed by atoms with van der Waals surface area (Å²) in [5, 5.41) is 13.7. The second kappa shape index (κ2) is 11.3. The summed E-state index contributed by atoms with van der Waals surface area (Å²) < 4.78 is 44.9. The molecular weight excluding hydrogens is 457 g/mol. The van der Waals surface area contributed by atoms with Gasteiger partial charge in [-0.05, 0) is 79.6 Å². The zero-order valence-electron chi connectivity index (χ0n) is 19.7. The number of benzene rings is 2. The Kier molecular flexibility index (Phi) is 8.13. The van der Waals surface area contributed by atoms with Crippen LogP contribution in [-0.4, -0.2) is 54.8 Å². The van der Waals surface area contributed by atoms with Crippen molar-refractivity contribution in [1.82, 2.24) is 10.2 Å². The van der Waals surface area contributed by atoms with Gasteiger partial charge in [0.1, 0.15) is 5.75 Å². The largest absolute Gasteiger partial charge is 0.497 e. The van der Waals surface area contributed by atoms with Crippen LogP contribution in [0.25, 0.3) is 6.08 Å². The molecule has 4 atom stereocenters. The van der Waals surface area contributed by atoms with Crippen molar-refractivity contribution in [2.24, 2.45) is 5.92 Å². The van der Waals surface area contributed by atoms with Gasteiger partial charge in [0.2, 0.25) is 5.91 Å². The van der Waals surface area contributed by atoms with Crippen molar-refractivity contribution >= 4 is 12.0 Å². The number of hydrogen-bond acceptors (Lipinski definition) is 4. The molecule has 1 saturated carbocycles. The maximum Gasteiger partial charge on any atom is 0.244 e. The molecular formula is C27H31F3N2O3. The number of nitrogens with zero attached hydrogens (tertiary/aromatic N) is 1. The number of hydrogen-bond donors (Lipinski definition) is 2. The number of β-amino-alcohol motifs (C(OH)–C–C–N with tert-alkyl or cyclic N) is 1. The van der Waals surface area contributed by atoms with E-state index in [4.69, 9.17) is 4.74 Å². The van der Waals surface area contributed by atoms with Crippen LogP contribution in [0.5, 0.6) is 5.75 Å². The second-order valence-corrected chi connectivity index (χ2v) is 9.51. The van der Waals surface area contributed by atoms with E-state index in [1.807, 2.05) is 24.3 Å². The fraction of sp³-hybridized carbons (Fsp3) is 0.444. The quantitative estimate of drug-likeness (QED) is 0.452. The number of aliphatic hydroxyl groups excluding tert-OH is 1. The van der Waals surface area contributed by atoms with Crippen molar-refractivity contribution < 1.29 is 27.8 Å². The standard InChI is InChI=1S/C27H31F3N2O3/c1-35-21-7-4-19(5-8-21)22-10-11-32(16-25(22)33)15-18-2-6-20(12-18)31-26(34)9-3-17-13-23(28)27(30)24(29)14-17/h3-5,7-9,13-14,18,20,22,25,33H,2,6,10-12,15-16H2,1H3,(H,31,34)/b9-3+/t18-,20+,22+,25+/m1/s1. The second-order valence-electron chi connectivity index (χ2n) is 9.51. The van der Waals surface area contributed by atoms with Gasteiger partial charge in [-0.2, -0.15) is 0 Å². The monoisotopic (exact) mass is 488 g/mol. The first kappa shape index (κ1) is 25.3. The fourth-order valence-corrected chi connectivity index (χ4v) is 5.23. The van der Waals surface area contributed by atoms with Gasteiger partial charge >= 0.3 is 0 Å². The molecule has 2 aromatic carbocycles. The van der Waals surface area contributed by atoms with Crippen LogP contribution in [0.4, 0.5) is 13.2 Å². The van der Waals surface area contributed by atoms with Crippen LogP contribution < -0.4 is 10.1 Å². The van der Waals surface area contributed by atoms with E-state index < -0.39 is 23.6 Å². The topological polar surface area (TPSA) is 61.8 Å². The van der Waals surface area contributed by atoms with E-state index in [1.54, 1.807) is 7.11 Å². The Morgan fingerprint density at radius 1 is 1.14 bits per heavy atom. The lowest BCUT2D eigenvalue weighted by atomic mass is 9.86. The minimum Gasteiger partial charge on any atom is -0.497 e. The number of carbonyl (C=O) groups is 1. The number of piperidine rings is 1. The molecule has 0 bridgehead atoms. The van der Waals surface area contributed by atoms with E-state index >= 15 is 0 Å². The molecule has 5 nitrogen and oxygen atoms in total. The first-order chi connectivity index (χ1) is 16.8. The van der Waals surface area contributed by atoms with Crippen molar-refractivity contribution in [3.8, 4) is 5.75 Å². The Labute approximate surface area is 203 Å². The van der Waals surface area contributed by atoms with E-state index in [-0.39, 0.29) is 23.4 Å². The highest BCUT2D eigenvalue weighted by Crippen LogP contribution is 2.32. The summed E-state index contributed by atoms with van der Waals surface area (Å²) in [6.07, 6.45) is 5.61. The Morgan fingerprint density at radius 3 is 2.51 bits per heavy atom. The molecule has 2 aliphatic rings. The summed E-state index contributed by atoms with van der Waals surface area (Å²) in [4.78, 5) is 14.6. The molecule has 188 valence electrons. The van der Waals surface area contributed by atoms with Crippen molar-refractivity contribution in [3.05, 3.63) is 71.1 Å². The number of aliphatic hydroxyl groups is 1. The van der Waals surface area contributed by atoms with Gasteiger partial charge in [-0.3, -0.25) is 4.79 Å². The molecule has 1 amide bonds. The molecule has 1 aliphatic heterocycles. The van der Waals surface area contributed by atoms with Gasteiger partial charge in [0.15, 0.2) is 17.5 Å². The molecule has 2 fully saturated rings. The minimum atomic E-state index is -1.53. The van der Waals surface area contributed by atoms with Crippen molar-refractivity contribution in [2.75, 3.05) is 26.7 Å². The number of nitrogens with one attached hydrogen (secondary N) is 1. The molecule has 0 unspecified atom stereocenters. The van der Waals surface area contributed by atoms with Crippen molar-refractivity contribution in [1.29, 1.82) is 0 Å². The minimum absolute atomic E-state index is 0.0283. The van der Waals surface area contributed by atoms with Gasteiger partial charge in [0.05, 0.1) is 13.2 Å². The summed E-state index contributed by atoms with van der Waals surface area (Å²) in [5.74, 6) is -3.12. The molecule has 0 radical (unpaired) electrons. The maximum atomic E-state index is 13.3. The van der Waals surface area contributed by atoms with E-state index in [1.165, 1.54) is 12.2 Å². The number of methoxy groups -OCH3 is 1. The highest BCUT2D eigenvalue weighted by atomic mass is 19.2. The zero-order valence-corrected chi connectivity index (χ0v) is 19.7. The average molecular weight is 489 g/mol. The van der Waals surface area contributed by atoms with Gasteiger partial charge in [-0.1, -0.05) is 12.1 Å². The lowest BCUT2D eigenvalue weighted by Crippen LogP contribution is -2.44. The van der Waals surface area contributed by atoms with E-state index in [0.717, 1.165) is 62.2 Å². The van der Waals surface area contributed by atoms with E-state index in [9.17, 15) is 23.1 Å². The number of ether oxygens (including phenoxy) is 1. The summed E-state index contributed by atoms with van der Waals surface area (Å²) in [6.45, 7) is 2.41. The van der Waals surface area contributed by atoms with Crippen LogP contribution >= 0.6 is 0 Å². The van der Waals surface area contributed by atoms with Crippen molar-refractivity contribution in [2.45, 2.75) is 43.7 Å². The molecule has 8 heteroatoms. The molecule has 4 rings (SSSR count). The molecule has 0 spiro atoms. The highest BCUT2D eigenvalue weighted by Gasteiger charge is 2.32. The third-order valence-corrected chi connectivity index (χ3v) is 7.05. The average Bonchev–Trinajstić information content (AvgIpc) is 3.27. The van der Waals surface area contributed by atoms with Crippen LogP contribution in [0, 0.1) is 23.4 Å². The van der Waals surface area contributed by atoms with Crippen LogP contribution in [0.3, 0.4) is 0 Å². The van der Waals surface area contributed by atoms with E-state index in [0.29, 0.717) is 12.5 Å². The van der Waals surface area contributed by atoms with Gasteiger partial charge < -0.3 is 20.1 Å². The van der Waals surface area contributed by atoms with Crippen LogP contribution in [0.1, 0.15) is 42.7 Å². The van der Waals surface area contributed by atoms with Crippen LogP contribution in [0.2, 0.25) is 0 Å². The zero-order chi connectivity index (χ0) is 24.9. The lowest BCUT2D eigenvalue weighted by Gasteiger charge is -2.37. The number of halogens is 3. The van der Waals surface area contributed by atoms with Crippen molar-refractivity contribution in [3.63, 3.8) is 0 Å². The molecule has 0 aromatic heterocycles. The number of likely N-dealkylation sites (tertiary alicyclic amines) is 1. The van der Waals surface area contributed by atoms with Gasteiger partial charge in [-0.25, -0.2) is 13.2 Å². The summed E-state index contributed by atoms with van der Waals surface area (Å²) >= 11 is 0. The van der Waals surface area contributed by atoms with Gasteiger partial charge in [0, 0.05) is 31.1 Å². The smallest absolute Gasteiger partial charge is 0.244 e. The third-order valence-electron chi connectivity index (χ3n) is 7.05. The third kappa shape index (κ3) is 6.44. The Bertz CT molecular complexity index is 1040. The Hall–Kier alpha value is -2.84. The summed E-state index contributed by atoms with van der Waals surface area (Å²) in [5.41, 5.74) is 1.21. The number of amides is 1. The van der Waals surface area contributed by atoms with E-state index in [2.05, 4.69) is 10.2 Å². The molecule has 35 heavy (non-hydrogen) atoms. The Morgan fingerprint density at radius 2 is 1.86 bits per heavy atom. The molecule has 1 heterocycles. The Balaban J connectivity index is 1.22. The maximum absolute atomic E-state index is 13.3. The predicted octanol–water partition coefficient (Wildman–Crippen LogP) is 4.26. The first-order valence-electron chi connectivity index (χ1n) is 12.0. The van der Waals surface area contributed by atoms with Gasteiger partial charge in [-0.15, -0.1) is 0 Å². The lowest BCUT2D eigenvalue weighted by molar-refractivity contribution is -0.117. The molecule has 1 aliphatic carbocycles. The molecule has 1 saturated heterocycles. The SMILES string of the molecule is COc1ccc([C@@H]2CCN(C[C@@H]3CC[C@H](NC(=O)/C=C/c4cc(F)c(F)c(F)c4)C3)C[C@@H]2O)cc1. The first-order valence-corrected chi connectivity index (χ1v) is 12.0. The van der Waals surface area contributed by atoms with Crippen LogP contribution in [0.15, 0.2) is 42.5 Å².